The van der Waals surface area contributed by atoms with Gasteiger partial charge >= 0.3 is 21.7 Å². The predicted molar refractivity (Wildman–Crippen MR) is 131 cm³/mol. The maximum Gasteiger partial charge on any atom is 0.512 e. The minimum Gasteiger partial charge on any atom is -0.630 e. The minimum absolute atomic E-state index is 0.0211. The van der Waals surface area contributed by atoms with Gasteiger partial charge in [0.25, 0.3) is 10.0 Å². The number of hydrazine groups is 1. The monoisotopic (exact) mass is 610 g/mol. The average Bonchev–Trinajstić information content (AvgIpc) is 3.24. The summed E-state index contributed by atoms with van der Waals surface area (Å²) in [5.41, 5.74) is -4.59. The van der Waals surface area contributed by atoms with Gasteiger partial charge < -0.3 is 9.85 Å². The van der Waals surface area contributed by atoms with Crippen LogP contribution in [0.25, 0.3) is 11.1 Å². The number of rotatable bonds is 7. The van der Waals surface area contributed by atoms with Crippen molar-refractivity contribution in [2.24, 2.45) is 0 Å². The van der Waals surface area contributed by atoms with Gasteiger partial charge in [0.1, 0.15) is 6.54 Å². The molecule has 1 heterocycles. The molecule has 0 aromatic heterocycles. The molecule has 1 unspecified atom stereocenters. The van der Waals surface area contributed by atoms with E-state index >= 15 is 0 Å². The van der Waals surface area contributed by atoms with Gasteiger partial charge in [0.05, 0.1) is 16.1 Å². The van der Waals surface area contributed by atoms with Crippen molar-refractivity contribution in [2.45, 2.75) is 23.1 Å². The first-order valence-corrected chi connectivity index (χ1v) is 14.2. The van der Waals surface area contributed by atoms with Crippen molar-refractivity contribution in [3.8, 4) is 11.1 Å². The number of para-hydroxylation sites is 1. The molecule has 1 fully saturated rings. The fourth-order valence-electron chi connectivity index (χ4n) is 4.10. The summed E-state index contributed by atoms with van der Waals surface area (Å²) in [6.45, 7) is -1.47. The van der Waals surface area contributed by atoms with Crippen LogP contribution in [0.2, 0.25) is 0 Å². The molecule has 0 radical (unpaired) electrons. The zero-order chi connectivity index (χ0) is 29.6. The van der Waals surface area contributed by atoms with E-state index in [4.69, 9.17) is 0 Å². The lowest BCUT2D eigenvalue weighted by molar-refractivity contribution is -0.882. The number of halogens is 6. The molecular formula is C23H20F6N4O5S2. The Morgan fingerprint density at radius 2 is 1.52 bits per heavy atom. The molecule has 2 N–H and O–H groups in total. The van der Waals surface area contributed by atoms with Crippen molar-refractivity contribution >= 4 is 25.7 Å². The smallest absolute Gasteiger partial charge is 0.512 e. The Morgan fingerprint density at radius 1 is 0.900 bits per heavy atom. The van der Waals surface area contributed by atoms with Gasteiger partial charge in [-0.25, -0.2) is 16.8 Å². The zero-order valence-corrected chi connectivity index (χ0v) is 21.7. The third-order valence-corrected chi connectivity index (χ3v) is 9.15. The Kier molecular flexibility index (Phi) is 7.67. The quantitative estimate of drug-likeness (QED) is 0.233. The number of sulfonamides is 2. The van der Waals surface area contributed by atoms with Gasteiger partial charge in [-0.15, -0.1) is 0 Å². The molecule has 1 aliphatic heterocycles. The molecule has 1 aliphatic rings. The molecule has 3 aromatic rings. The molecule has 1 atom stereocenters. The number of benzene rings is 3. The number of nitrogens with one attached hydrogen (secondary N) is 2. The summed E-state index contributed by atoms with van der Waals surface area (Å²) < 4.78 is 128. The van der Waals surface area contributed by atoms with Crippen molar-refractivity contribution in [1.29, 1.82) is 0 Å². The fraction of sp³-hybridized carbons (Fsp3) is 0.217. The lowest BCUT2D eigenvalue weighted by Crippen LogP contribution is -2.41. The normalized spacial score (nSPS) is 18.7. The molecular weight excluding hydrogens is 590 g/mol. The fourth-order valence-corrected chi connectivity index (χ4v) is 6.78. The average molecular weight is 611 g/mol. The van der Waals surface area contributed by atoms with E-state index in [0.29, 0.717) is 4.13 Å². The topological polar surface area (TPSA) is 119 Å². The van der Waals surface area contributed by atoms with E-state index in [0.717, 1.165) is 23.2 Å². The second-order valence-corrected chi connectivity index (χ2v) is 12.4. The summed E-state index contributed by atoms with van der Waals surface area (Å²) in [5, 5.41) is 14.4. The second kappa shape index (κ2) is 10.3. The molecule has 0 spiro atoms. The lowest BCUT2D eigenvalue weighted by Gasteiger charge is -2.37. The predicted octanol–water partition coefficient (Wildman–Crippen LogP) is 4.25. The molecule has 0 amide bonds. The third kappa shape index (κ3) is 6.24. The molecule has 17 heteroatoms. The zero-order valence-electron chi connectivity index (χ0n) is 20.1. The summed E-state index contributed by atoms with van der Waals surface area (Å²) in [6, 6.07) is 15.4. The standard InChI is InChI=1S/C23H20F6N4O5S2/c24-22(25,26)19-8-4-5-9-20(19)32-15-33(34,14-30-32)13-16-10-11-18(17-6-2-1-3-7-17)21(12-16)39(35,36)31-40(37,38)23(27,28)29/h1-12,30-31H,13-15H2. The van der Waals surface area contributed by atoms with Gasteiger partial charge in [-0.05, 0) is 23.8 Å². The van der Waals surface area contributed by atoms with Gasteiger partial charge in [-0.2, -0.15) is 31.8 Å². The molecule has 216 valence electrons. The van der Waals surface area contributed by atoms with Crippen LogP contribution < -0.4 is 14.6 Å². The number of nitrogens with zero attached hydrogens (tertiary/aromatic N) is 2. The number of alkyl halides is 6. The summed E-state index contributed by atoms with van der Waals surface area (Å²) >= 11 is 0. The van der Waals surface area contributed by atoms with Crippen LogP contribution in [0.5, 0.6) is 0 Å². The third-order valence-electron chi connectivity index (χ3n) is 5.86. The number of anilines is 1. The first-order chi connectivity index (χ1) is 18.4. The first kappa shape index (κ1) is 29.8. The minimum atomic E-state index is -6.32. The first-order valence-electron chi connectivity index (χ1n) is 11.2. The van der Waals surface area contributed by atoms with E-state index in [9.17, 15) is 48.4 Å². The van der Waals surface area contributed by atoms with Gasteiger partial charge in [-0.3, -0.25) is 5.01 Å². The highest BCUT2D eigenvalue weighted by Crippen LogP contribution is 2.38. The molecule has 0 saturated carbocycles. The van der Waals surface area contributed by atoms with E-state index in [-0.39, 0.29) is 22.4 Å². The van der Waals surface area contributed by atoms with Gasteiger partial charge in [0.15, 0.2) is 13.3 Å². The molecule has 40 heavy (non-hydrogen) atoms. The van der Waals surface area contributed by atoms with Gasteiger partial charge in [0.2, 0.25) is 0 Å². The van der Waals surface area contributed by atoms with E-state index in [1.807, 2.05) is 0 Å². The van der Waals surface area contributed by atoms with Crippen molar-refractivity contribution < 1.29 is 47.8 Å². The number of quaternary nitrogens is 1. The summed E-state index contributed by atoms with van der Waals surface area (Å²) in [7, 11) is -11.7. The molecule has 0 bridgehead atoms. The SMILES string of the molecule is O=S(=O)(NS(=O)(=O)C(F)(F)F)c1cc(C[N+]2([O-])CNN(c3ccccc3C(F)(F)F)C2)ccc1-c1ccccc1. The van der Waals surface area contributed by atoms with Crippen LogP contribution in [0.15, 0.2) is 77.7 Å². The highest BCUT2D eigenvalue weighted by Gasteiger charge is 2.49. The Balaban J connectivity index is 1.69. The second-order valence-electron chi connectivity index (χ2n) is 8.85. The highest BCUT2D eigenvalue weighted by molar-refractivity contribution is 8.05. The molecule has 3 aromatic carbocycles. The molecule has 4 rings (SSSR count). The molecule has 0 aliphatic carbocycles. The van der Waals surface area contributed by atoms with Crippen molar-refractivity contribution in [1.82, 2.24) is 9.55 Å². The van der Waals surface area contributed by atoms with Gasteiger partial charge in [0, 0.05) is 11.1 Å². The van der Waals surface area contributed by atoms with E-state index in [1.165, 1.54) is 48.5 Å². The van der Waals surface area contributed by atoms with Crippen molar-refractivity contribution in [3.05, 3.63) is 89.1 Å². The Morgan fingerprint density at radius 3 is 2.15 bits per heavy atom. The summed E-state index contributed by atoms with van der Waals surface area (Å²) in [4.78, 5) is -0.845. The van der Waals surface area contributed by atoms with E-state index in [2.05, 4.69) is 5.43 Å². The van der Waals surface area contributed by atoms with Crippen LogP contribution in [0.3, 0.4) is 0 Å². The summed E-state index contributed by atoms with van der Waals surface area (Å²) in [5.74, 6) is 0. The van der Waals surface area contributed by atoms with Gasteiger partial charge in [-0.1, -0.05) is 58.7 Å². The largest absolute Gasteiger partial charge is 0.630 e. The number of hydrogen-bond donors (Lipinski definition) is 2. The van der Waals surface area contributed by atoms with Crippen LogP contribution >= 0.6 is 0 Å². The van der Waals surface area contributed by atoms with Crippen LogP contribution in [0, 0.1) is 5.21 Å². The summed E-state index contributed by atoms with van der Waals surface area (Å²) in [6.07, 6.45) is -4.71. The number of hydroxylamine groups is 3. The Hall–Kier alpha value is -3.22. The van der Waals surface area contributed by atoms with Crippen molar-refractivity contribution in [2.75, 3.05) is 18.3 Å². The van der Waals surface area contributed by atoms with Crippen molar-refractivity contribution in [3.63, 3.8) is 0 Å². The Bertz CT molecular complexity index is 1620. The van der Waals surface area contributed by atoms with E-state index < -0.39 is 66.7 Å². The van der Waals surface area contributed by atoms with Crippen LogP contribution in [0.1, 0.15) is 11.1 Å². The maximum absolute atomic E-state index is 13.5. The Labute approximate surface area is 224 Å². The van der Waals surface area contributed by atoms with Crippen LogP contribution in [0.4, 0.5) is 32.0 Å². The highest BCUT2D eigenvalue weighted by atomic mass is 32.3. The van der Waals surface area contributed by atoms with E-state index in [1.54, 1.807) is 6.07 Å². The van der Waals surface area contributed by atoms with Crippen LogP contribution in [-0.4, -0.2) is 40.3 Å². The van der Waals surface area contributed by atoms with Crippen LogP contribution in [-0.2, 0) is 32.8 Å². The number of hydrogen-bond acceptors (Lipinski definition) is 7. The molecule has 1 saturated heterocycles. The lowest BCUT2D eigenvalue weighted by atomic mass is 10.0. The molecule has 9 nitrogen and oxygen atoms in total. The maximum atomic E-state index is 13.5.